The Morgan fingerprint density at radius 1 is 1.77 bits per heavy atom. The molecule has 1 aromatic heterocycles. The minimum Gasteiger partial charge on any atom is -0.323 e. The number of hydrogen-bond acceptors (Lipinski definition) is 2. The van der Waals surface area contributed by atoms with E-state index < -0.39 is 0 Å². The zero-order valence-electron chi connectivity index (χ0n) is 7.66. The van der Waals surface area contributed by atoms with E-state index in [1.165, 1.54) is 23.6 Å². The summed E-state index contributed by atoms with van der Waals surface area (Å²) in [6, 6.07) is 0. The maximum Gasteiger partial charge on any atom is 0.177 e. The van der Waals surface area contributed by atoms with Crippen LogP contribution in [0.5, 0.6) is 0 Å². The van der Waals surface area contributed by atoms with Gasteiger partial charge in [0.25, 0.3) is 0 Å². The first-order valence-electron chi connectivity index (χ1n) is 4.61. The van der Waals surface area contributed by atoms with E-state index in [1.807, 2.05) is 18.0 Å². The summed E-state index contributed by atoms with van der Waals surface area (Å²) >= 11 is 5.52. The fourth-order valence-corrected chi connectivity index (χ4v) is 3.57. The molecule has 1 aromatic rings. The van der Waals surface area contributed by atoms with Gasteiger partial charge in [-0.3, -0.25) is 0 Å². The van der Waals surface area contributed by atoms with Gasteiger partial charge >= 0.3 is 0 Å². The average molecular weight is 261 g/mol. The van der Waals surface area contributed by atoms with Crippen molar-refractivity contribution in [2.24, 2.45) is 0 Å². The number of imidazole rings is 1. The average Bonchev–Trinajstić information content (AvgIpc) is 2.71. The smallest absolute Gasteiger partial charge is 0.177 e. The van der Waals surface area contributed by atoms with Crippen LogP contribution in [-0.4, -0.2) is 21.1 Å². The molecule has 0 radical (unpaired) electrons. The molecule has 1 unspecified atom stereocenters. The van der Waals surface area contributed by atoms with E-state index in [1.54, 1.807) is 0 Å². The number of thioether (sulfide) groups is 1. The highest BCUT2D eigenvalue weighted by atomic mass is 79.9. The van der Waals surface area contributed by atoms with Crippen LogP contribution in [0.2, 0.25) is 0 Å². The van der Waals surface area contributed by atoms with Gasteiger partial charge in [0, 0.05) is 30.1 Å². The summed E-state index contributed by atoms with van der Waals surface area (Å²) in [6.07, 6.45) is 3.33. The summed E-state index contributed by atoms with van der Waals surface area (Å²) < 4.78 is 3.23. The molecule has 1 atom stereocenters. The van der Waals surface area contributed by atoms with Crippen molar-refractivity contribution in [1.82, 2.24) is 9.55 Å². The lowest BCUT2D eigenvalue weighted by Gasteiger charge is -2.11. The molecular formula is C9H13BrN2S. The minimum atomic E-state index is 0.726. The molecule has 0 amide bonds. The SMILES string of the molecule is CCn1c(C2CCSC2)cnc1Br. The van der Waals surface area contributed by atoms with Gasteiger partial charge in [0.1, 0.15) is 0 Å². The predicted molar refractivity (Wildman–Crippen MR) is 60.3 cm³/mol. The Kier molecular flexibility index (Phi) is 2.99. The van der Waals surface area contributed by atoms with Crippen molar-refractivity contribution in [2.45, 2.75) is 25.8 Å². The van der Waals surface area contributed by atoms with E-state index in [2.05, 4.69) is 32.4 Å². The molecule has 1 saturated heterocycles. The van der Waals surface area contributed by atoms with Crippen LogP contribution in [0.3, 0.4) is 0 Å². The largest absolute Gasteiger partial charge is 0.323 e. The lowest BCUT2D eigenvalue weighted by Crippen LogP contribution is -2.06. The third kappa shape index (κ3) is 1.79. The fourth-order valence-electron chi connectivity index (χ4n) is 1.77. The normalized spacial score (nSPS) is 22.5. The third-order valence-electron chi connectivity index (χ3n) is 2.50. The number of rotatable bonds is 2. The van der Waals surface area contributed by atoms with Crippen LogP contribution in [-0.2, 0) is 6.54 Å². The molecule has 2 heterocycles. The summed E-state index contributed by atoms with van der Waals surface area (Å²) in [5.74, 6) is 3.29. The second-order valence-corrected chi connectivity index (χ2v) is 5.12. The first-order chi connectivity index (χ1) is 6.33. The van der Waals surface area contributed by atoms with Gasteiger partial charge in [0.2, 0.25) is 0 Å². The molecule has 0 bridgehead atoms. The van der Waals surface area contributed by atoms with Crippen LogP contribution in [0.4, 0.5) is 0 Å². The molecule has 0 N–H and O–H groups in total. The number of halogens is 1. The molecule has 0 aliphatic carbocycles. The van der Waals surface area contributed by atoms with Crippen LogP contribution in [0.25, 0.3) is 0 Å². The highest BCUT2D eigenvalue weighted by Crippen LogP contribution is 2.33. The van der Waals surface area contributed by atoms with E-state index in [0.29, 0.717) is 0 Å². The maximum atomic E-state index is 4.30. The van der Waals surface area contributed by atoms with Crippen molar-refractivity contribution in [2.75, 3.05) is 11.5 Å². The molecule has 0 aromatic carbocycles. The van der Waals surface area contributed by atoms with E-state index in [9.17, 15) is 0 Å². The minimum absolute atomic E-state index is 0.726. The number of aromatic nitrogens is 2. The van der Waals surface area contributed by atoms with Crippen LogP contribution < -0.4 is 0 Å². The number of hydrogen-bond donors (Lipinski definition) is 0. The van der Waals surface area contributed by atoms with Crippen molar-refractivity contribution in [1.29, 1.82) is 0 Å². The van der Waals surface area contributed by atoms with Gasteiger partial charge in [0.05, 0.1) is 0 Å². The quantitative estimate of drug-likeness (QED) is 0.814. The highest BCUT2D eigenvalue weighted by Gasteiger charge is 2.21. The summed E-state index contributed by atoms with van der Waals surface area (Å²) in [6.45, 7) is 3.18. The second kappa shape index (κ2) is 4.05. The summed E-state index contributed by atoms with van der Waals surface area (Å²) in [7, 11) is 0. The van der Waals surface area contributed by atoms with Gasteiger partial charge < -0.3 is 4.57 Å². The van der Waals surface area contributed by atoms with Gasteiger partial charge in [-0.25, -0.2) is 4.98 Å². The van der Waals surface area contributed by atoms with Crippen LogP contribution in [0.15, 0.2) is 10.9 Å². The third-order valence-corrected chi connectivity index (χ3v) is 4.30. The zero-order valence-corrected chi connectivity index (χ0v) is 10.1. The van der Waals surface area contributed by atoms with Gasteiger partial charge in [-0.05, 0) is 35.0 Å². The van der Waals surface area contributed by atoms with E-state index in [4.69, 9.17) is 0 Å². The first-order valence-corrected chi connectivity index (χ1v) is 6.56. The van der Waals surface area contributed by atoms with E-state index >= 15 is 0 Å². The Bertz CT molecular complexity index is 292. The summed E-state index contributed by atoms with van der Waals surface area (Å²) in [4.78, 5) is 4.30. The monoisotopic (exact) mass is 260 g/mol. The molecule has 1 aliphatic heterocycles. The topological polar surface area (TPSA) is 17.8 Å². The summed E-state index contributed by atoms with van der Waals surface area (Å²) in [5.41, 5.74) is 1.40. The van der Waals surface area contributed by atoms with Crippen molar-refractivity contribution < 1.29 is 0 Å². The van der Waals surface area contributed by atoms with Crippen molar-refractivity contribution in [3.63, 3.8) is 0 Å². The van der Waals surface area contributed by atoms with Gasteiger partial charge in [0.15, 0.2) is 4.73 Å². The highest BCUT2D eigenvalue weighted by molar-refractivity contribution is 9.10. The van der Waals surface area contributed by atoms with Gasteiger partial charge in [-0.2, -0.15) is 11.8 Å². The molecular weight excluding hydrogens is 248 g/mol. The Balaban J connectivity index is 2.27. The second-order valence-electron chi connectivity index (χ2n) is 3.26. The van der Waals surface area contributed by atoms with Crippen LogP contribution in [0, 0.1) is 0 Å². The Morgan fingerprint density at radius 2 is 2.62 bits per heavy atom. The predicted octanol–water partition coefficient (Wildman–Crippen LogP) is 2.89. The van der Waals surface area contributed by atoms with Gasteiger partial charge in [-0.1, -0.05) is 0 Å². The zero-order chi connectivity index (χ0) is 9.26. The summed E-state index contributed by atoms with van der Waals surface area (Å²) in [5, 5.41) is 0. The molecule has 2 rings (SSSR count). The molecule has 0 saturated carbocycles. The van der Waals surface area contributed by atoms with E-state index in [-0.39, 0.29) is 0 Å². The lowest BCUT2D eigenvalue weighted by atomic mass is 10.1. The Hall–Kier alpha value is 0.0400. The van der Waals surface area contributed by atoms with Crippen LogP contribution in [0.1, 0.15) is 25.0 Å². The van der Waals surface area contributed by atoms with E-state index in [0.717, 1.165) is 17.2 Å². The molecule has 4 heteroatoms. The Morgan fingerprint density at radius 3 is 3.23 bits per heavy atom. The lowest BCUT2D eigenvalue weighted by molar-refractivity contribution is 0.638. The molecule has 1 aliphatic rings. The Labute approximate surface area is 91.2 Å². The molecule has 0 spiro atoms. The molecule has 13 heavy (non-hydrogen) atoms. The van der Waals surface area contributed by atoms with Crippen molar-refractivity contribution in [3.8, 4) is 0 Å². The standard InChI is InChI=1S/C9H13BrN2S/c1-2-12-8(5-11-9(12)10)7-3-4-13-6-7/h5,7H,2-4,6H2,1H3. The maximum absolute atomic E-state index is 4.30. The fraction of sp³-hybridized carbons (Fsp3) is 0.667. The van der Waals surface area contributed by atoms with Crippen LogP contribution >= 0.6 is 27.7 Å². The van der Waals surface area contributed by atoms with Gasteiger partial charge in [-0.15, -0.1) is 0 Å². The molecule has 2 nitrogen and oxygen atoms in total. The number of nitrogens with zero attached hydrogens (tertiary/aromatic N) is 2. The van der Waals surface area contributed by atoms with Crippen molar-refractivity contribution in [3.05, 3.63) is 16.6 Å². The first kappa shape index (κ1) is 9.59. The molecule has 72 valence electrons. The van der Waals surface area contributed by atoms with Crippen molar-refractivity contribution >= 4 is 27.7 Å². The molecule has 1 fully saturated rings.